The molecule has 0 aromatic rings. The zero-order valence-corrected chi connectivity index (χ0v) is 4.96. The number of aromatic amines is 2. The van der Waals surface area contributed by atoms with E-state index in [9.17, 15) is 4.79 Å². The molecule has 50 valence electrons. The minimum absolute atomic E-state index is 0.201. The lowest BCUT2D eigenvalue weighted by molar-refractivity contribution is 0.990. The minimum atomic E-state index is -0.201. The van der Waals surface area contributed by atoms with Gasteiger partial charge < -0.3 is 0 Å². The predicted octanol–water partition coefficient (Wildman–Crippen LogP) is -0.402. The van der Waals surface area contributed by atoms with Crippen LogP contribution in [0.4, 0.5) is 0 Å². The molecule has 0 amide bonds. The summed E-state index contributed by atoms with van der Waals surface area (Å²) in [5.74, 6) is 0. The van der Waals surface area contributed by atoms with Crippen LogP contribution in [0.3, 0.4) is 0 Å². The molecule has 0 saturated heterocycles. The fourth-order valence-electron chi connectivity index (χ4n) is 0.761. The van der Waals surface area contributed by atoms with Gasteiger partial charge in [0, 0.05) is 6.07 Å². The van der Waals surface area contributed by atoms with Crippen molar-refractivity contribution in [2.24, 2.45) is 0 Å². The maximum Gasteiger partial charge on any atom is 0.264 e. The molecule has 0 aliphatic carbocycles. The van der Waals surface area contributed by atoms with Crippen LogP contribution in [0.2, 0.25) is 0 Å². The molecule has 0 fully saturated rings. The molecule has 2 heterocycles. The predicted molar refractivity (Wildman–Crippen MR) is 33.6 cm³/mol. The van der Waals surface area contributed by atoms with Gasteiger partial charge >= 0.3 is 0 Å². The maximum atomic E-state index is 10.6. The normalized spacial score (nSPS) is 10.4. The molecule has 0 saturated carbocycles. The third-order valence-electron chi connectivity index (χ3n) is 1.22. The van der Waals surface area contributed by atoms with Gasteiger partial charge in [-0.2, -0.15) is 5.10 Å². The molecule has 0 spiro atoms. The highest BCUT2D eigenvalue weighted by atomic mass is 16.1. The van der Waals surface area contributed by atoms with Gasteiger partial charge in [-0.25, -0.2) is 0 Å². The second-order valence-electron chi connectivity index (χ2n) is 1.90. The van der Waals surface area contributed by atoms with Gasteiger partial charge in [0.1, 0.15) is 11.4 Å². The average Bonchev–Trinajstić information content (AvgIpc) is 2.33. The van der Waals surface area contributed by atoms with Crippen LogP contribution in [0.25, 0.3) is 11.4 Å². The lowest BCUT2D eigenvalue weighted by Gasteiger charge is -1.90. The molecular formula is C5H4N4O. The molecule has 0 unspecified atom stereocenters. The van der Waals surface area contributed by atoms with Crippen molar-refractivity contribution in [2.45, 2.75) is 0 Å². The summed E-state index contributed by atoms with van der Waals surface area (Å²) in [5, 5.41) is 12.3. The maximum absolute atomic E-state index is 10.6. The van der Waals surface area contributed by atoms with Crippen molar-refractivity contribution in [3.63, 3.8) is 0 Å². The molecule has 0 atom stereocenters. The van der Waals surface area contributed by atoms with E-state index in [4.69, 9.17) is 0 Å². The summed E-state index contributed by atoms with van der Waals surface area (Å²) < 4.78 is 0. The number of H-pyrrole nitrogens is 2. The lowest BCUT2D eigenvalue weighted by atomic mass is 10.3. The summed E-state index contributed by atoms with van der Waals surface area (Å²) in [6.45, 7) is 0. The van der Waals surface area contributed by atoms with Gasteiger partial charge in [-0.05, 0) is 0 Å². The summed E-state index contributed by atoms with van der Waals surface area (Å²) >= 11 is 0. The molecule has 2 aliphatic rings. The number of fused-ring (bicyclic) bond motifs is 1. The van der Waals surface area contributed by atoms with Crippen molar-refractivity contribution < 1.29 is 0 Å². The van der Waals surface area contributed by atoms with Gasteiger partial charge in [0.25, 0.3) is 5.56 Å². The first-order chi connectivity index (χ1) is 4.86. The highest BCUT2D eigenvalue weighted by molar-refractivity contribution is 5.51. The largest absolute Gasteiger partial charge is 0.294 e. The van der Waals surface area contributed by atoms with Crippen molar-refractivity contribution in [1.82, 2.24) is 20.4 Å². The number of hydrogen-bond acceptors (Lipinski definition) is 3. The van der Waals surface area contributed by atoms with Crippen LogP contribution in [0, 0.1) is 0 Å². The summed E-state index contributed by atoms with van der Waals surface area (Å²) in [4.78, 5) is 10.6. The molecule has 5 nitrogen and oxygen atoms in total. The van der Waals surface area contributed by atoms with E-state index in [2.05, 4.69) is 20.4 Å². The topological polar surface area (TPSA) is 74.4 Å². The Morgan fingerprint density at radius 3 is 3.20 bits per heavy atom. The van der Waals surface area contributed by atoms with Crippen LogP contribution in [-0.2, 0) is 0 Å². The minimum Gasteiger partial charge on any atom is -0.294 e. The zero-order chi connectivity index (χ0) is 6.97. The van der Waals surface area contributed by atoms with Crippen LogP contribution in [-0.4, -0.2) is 20.4 Å². The van der Waals surface area contributed by atoms with E-state index in [1.165, 1.54) is 6.07 Å². The third kappa shape index (κ3) is 0.604. The van der Waals surface area contributed by atoms with Crippen LogP contribution < -0.4 is 5.56 Å². The molecule has 0 bridgehead atoms. The van der Waals surface area contributed by atoms with E-state index >= 15 is 0 Å². The standard InChI is InChI=1S/C5H4N4O/c10-5-1-3-4(8-9-5)2-6-7-3/h1-2,8H,(H,9,10). The first-order valence-corrected chi connectivity index (χ1v) is 2.75. The Labute approximate surface area is 55.4 Å². The van der Waals surface area contributed by atoms with Crippen molar-refractivity contribution in [1.29, 1.82) is 0 Å². The number of nitrogens with one attached hydrogen (secondary N) is 2. The monoisotopic (exact) mass is 136 g/mol. The number of rotatable bonds is 0. The molecule has 2 N–H and O–H groups in total. The zero-order valence-electron chi connectivity index (χ0n) is 4.96. The van der Waals surface area contributed by atoms with Crippen LogP contribution in [0.1, 0.15) is 0 Å². The lowest BCUT2D eigenvalue weighted by Crippen LogP contribution is -2.07. The summed E-state index contributed by atoms with van der Waals surface area (Å²) in [7, 11) is 0. The number of aromatic nitrogens is 4. The Kier molecular flexibility index (Phi) is 0.858. The van der Waals surface area contributed by atoms with Crippen molar-refractivity contribution >= 4 is 0 Å². The van der Waals surface area contributed by atoms with E-state index in [1.54, 1.807) is 6.20 Å². The second kappa shape index (κ2) is 1.66. The molecule has 0 radical (unpaired) electrons. The molecule has 2 aliphatic heterocycles. The number of nitrogens with zero attached hydrogens (tertiary/aromatic N) is 2. The van der Waals surface area contributed by atoms with E-state index in [-0.39, 0.29) is 5.56 Å². The quantitative estimate of drug-likeness (QED) is 0.517. The summed E-state index contributed by atoms with van der Waals surface area (Å²) in [6.07, 6.45) is 1.55. The highest BCUT2D eigenvalue weighted by Crippen LogP contribution is 2.08. The van der Waals surface area contributed by atoms with E-state index in [1.807, 2.05) is 0 Å². The summed E-state index contributed by atoms with van der Waals surface area (Å²) in [6, 6.07) is 1.39. The van der Waals surface area contributed by atoms with Crippen LogP contribution >= 0.6 is 0 Å². The molecule has 0 aromatic heterocycles. The van der Waals surface area contributed by atoms with Crippen molar-refractivity contribution in [3.05, 3.63) is 22.6 Å². The Morgan fingerprint density at radius 2 is 2.30 bits per heavy atom. The third-order valence-corrected chi connectivity index (χ3v) is 1.22. The highest BCUT2D eigenvalue weighted by Gasteiger charge is 2.03. The Balaban J connectivity index is 2.87. The van der Waals surface area contributed by atoms with Gasteiger partial charge in [-0.1, -0.05) is 0 Å². The van der Waals surface area contributed by atoms with Crippen molar-refractivity contribution in [3.8, 4) is 11.4 Å². The first-order valence-electron chi connectivity index (χ1n) is 2.75. The van der Waals surface area contributed by atoms with Crippen molar-refractivity contribution in [2.75, 3.05) is 0 Å². The first kappa shape index (κ1) is 5.16. The smallest absolute Gasteiger partial charge is 0.264 e. The Bertz CT molecular complexity index is 362. The fourth-order valence-corrected chi connectivity index (χ4v) is 0.761. The molecule has 0 aromatic carbocycles. The molecule has 10 heavy (non-hydrogen) atoms. The second-order valence-corrected chi connectivity index (χ2v) is 1.90. The van der Waals surface area contributed by atoms with Gasteiger partial charge in [-0.3, -0.25) is 15.0 Å². The number of hydrogen-bond donors (Lipinski definition) is 2. The van der Waals surface area contributed by atoms with E-state index in [0.29, 0.717) is 5.69 Å². The molecule has 2 rings (SSSR count). The van der Waals surface area contributed by atoms with Gasteiger partial charge in [0.05, 0.1) is 6.20 Å². The van der Waals surface area contributed by atoms with Crippen LogP contribution in [0.15, 0.2) is 17.1 Å². The van der Waals surface area contributed by atoms with Gasteiger partial charge in [0.2, 0.25) is 0 Å². The van der Waals surface area contributed by atoms with Crippen LogP contribution in [0.5, 0.6) is 0 Å². The Hall–Kier alpha value is -1.65. The summed E-state index contributed by atoms with van der Waals surface area (Å²) in [5.41, 5.74) is 1.12. The van der Waals surface area contributed by atoms with Gasteiger partial charge in [0.15, 0.2) is 0 Å². The SMILES string of the molecule is O=c1cc2nncc-2[nH][nH]1. The van der Waals surface area contributed by atoms with E-state index < -0.39 is 0 Å². The fraction of sp³-hybridized carbons (Fsp3) is 0. The molecular weight excluding hydrogens is 132 g/mol. The van der Waals surface area contributed by atoms with E-state index in [0.717, 1.165) is 5.69 Å². The van der Waals surface area contributed by atoms with Gasteiger partial charge in [-0.15, -0.1) is 5.10 Å². The Morgan fingerprint density at radius 1 is 1.40 bits per heavy atom. The molecule has 5 heteroatoms. The average molecular weight is 136 g/mol.